The normalized spacial score (nSPS) is 22.0. The maximum absolute atomic E-state index is 13.1. The van der Waals surface area contributed by atoms with Crippen molar-refractivity contribution in [2.45, 2.75) is 106 Å². The predicted molar refractivity (Wildman–Crippen MR) is 114 cm³/mol. The molecule has 27 heavy (non-hydrogen) atoms. The summed E-state index contributed by atoms with van der Waals surface area (Å²) in [7, 11) is -3.21. The fourth-order valence-corrected chi connectivity index (χ4v) is 5.72. The molecule has 0 heterocycles. The predicted octanol–water partition coefficient (Wildman–Crippen LogP) is 6.70. The zero-order valence-electron chi connectivity index (χ0n) is 16.8. The van der Waals surface area contributed by atoms with E-state index in [1.54, 1.807) is 12.1 Å². The topological polar surface area (TPSA) is 34.1 Å². The average molecular weight is 389 g/mol. The quantitative estimate of drug-likeness (QED) is 0.528. The van der Waals surface area contributed by atoms with Crippen LogP contribution in [0.4, 0.5) is 0 Å². The SMILES string of the molecule is O=S(=O)(c1ccccc1)C1CCCCCCC#CCCCCCCCCC1. The monoisotopic (exact) mass is 388 g/mol. The third kappa shape index (κ3) is 8.52. The van der Waals surface area contributed by atoms with E-state index in [0.29, 0.717) is 4.90 Å². The highest BCUT2D eigenvalue weighted by Crippen LogP contribution is 2.25. The van der Waals surface area contributed by atoms with Gasteiger partial charge in [0.25, 0.3) is 0 Å². The molecule has 0 saturated heterocycles. The molecule has 0 spiro atoms. The first-order valence-corrected chi connectivity index (χ1v) is 12.5. The Morgan fingerprint density at radius 3 is 1.59 bits per heavy atom. The average Bonchev–Trinajstić information content (AvgIpc) is 2.68. The minimum atomic E-state index is -3.21. The molecule has 1 aliphatic rings. The van der Waals surface area contributed by atoms with Gasteiger partial charge in [0, 0.05) is 12.8 Å². The molecule has 0 aromatic heterocycles. The van der Waals surface area contributed by atoms with Crippen molar-refractivity contribution in [2.75, 3.05) is 0 Å². The van der Waals surface area contributed by atoms with Gasteiger partial charge in [-0.15, -0.1) is 11.8 Å². The van der Waals surface area contributed by atoms with Crippen LogP contribution in [0.25, 0.3) is 0 Å². The Morgan fingerprint density at radius 1 is 0.630 bits per heavy atom. The summed E-state index contributed by atoms with van der Waals surface area (Å²) < 4.78 is 26.2. The molecule has 0 fully saturated rings. The molecule has 0 amide bonds. The first-order valence-electron chi connectivity index (χ1n) is 11.0. The summed E-state index contributed by atoms with van der Waals surface area (Å²) >= 11 is 0. The van der Waals surface area contributed by atoms with Crippen molar-refractivity contribution in [3.05, 3.63) is 30.3 Å². The van der Waals surface area contributed by atoms with Gasteiger partial charge >= 0.3 is 0 Å². The largest absolute Gasteiger partial charge is 0.223 e. The molecule has 0 bridgehead atoms. The van der Waals surface area contributed by atoms with Gasteiger partial charge in [0.1, 0.15) is 0 Å². The van der Waals surface area contributed by atoms with Crippen LogP contribution in [-0.4, -0.2) is 13.7 Å². The third-order valence-corrected chi connectivity index (χ3v) is 7.82. The minimum absolute atomic E-state index is 0.224. The highest BCUT2D eigenvalue weighted by Gasteiger charge is 2.26. The van der Waals surface area contributed by atoms with Crippen LogP contribution in [0.2, 0.25) is 0 Å². The molecule has 0 aliphatic heterocycles. The highest BCUT2D eigenvalue weighted by atomic mass is 32.2. The van der Waals surface area contributed by atoms with E-state index >= 15 is 0 Å². The van der Waals surface area contributed by atoms with Crippen LogP contribution < -0.4 is 0 Å². The van der Waals surface area contributed by atoms with E-state index in [9.17, 15) is 8.42 Å². The third-order valence-electron chi connectivity index (χ3n) is 5.54. The zero-order valence-corrected chi connectivity index (χ0v) is 17.6. The number of benzene rings is 1. The Labute approximate surface area is 167 Å². The van der Waals surface area contributed by atoms with Gasteiger partial charge in [0.2, 0.25) is 0 Å². The summed E-state index contributed by atoms with van der Waals surface area (Å²) in [4.78, 5) is 0.493. The number of sulfone groups is 1. The summed E-state index contributed by atoms with van der Waals surface area (Å²) in [6.07, 6.45) is 16.5. The van der Waals surface area contributed by atoms with Gasteiger partial charge in [-0.1, -0.05) is 76.0 Å². The lowest BCUT2D eigenvalue weighted by Gasteiger charge is -2.18. The Morgan fingerprint density at radius 2 is 1.07 bits per heavy atom. The number of hydrogen-bond donors (Lipinski definition) is 0. The summed E-state index contributed by atoms with van der Waals surface area (Å²) in [5.74, 6) is 6.60. The van der Waals surface area contributed by atoms with E-state index in [0.717, 1.165) is 64.2 Å². The second-order valence-electron chi connectivity index (χ2n) is 7.80. The fourth-order valence-electron chi connectivity index (χ4n) is 3.84. The van der Waals surface area contributed by atoms with E-state index in [1.807, 2.05) is 18.2 Å². The molecular weight excluding hydrogens is 352 g/mol. The summed E-state index contributed by atoms with van der Waals surface area (Å²) in [5.41, 5.74) is 0. The second-order valence-corrected chi connectivity index (χ2v) is 10.0. The minimum Gasteiger partial charge on any atom is -0.223 e. The van der Waals surface area contributed by atoms with Gasteiger partial charge < -0.3 is 0 Å². The van der Waals surface area contributed by atoms with Crippen LogP contribution in [0.15, 0.2) is 35.2 Å². The van der Waals surface area contributed by atoms with E-state index in [2.05, 4.69) is 11.8 Å². The molecule has 1 aromatic carbocycles. The molecule has 1 aliphatic carbocycles. The molecule has 3 heteroatoms. The highest BCUT2D eigenvalue weighted by molar-refractivity contribution is 7.92. The Kier molecular flexibility index (Phi) is 10.6. The summed E-state index contributed by atoms with van der Waals surface area (Å²) in [5, 5.41) is -0.224. The van der Waals surface area contributed by atoms with Crippen LogP contribution in [0.3, 0.4) is 0 Å². The second kappa shape index (κ2) is 13.0. The van der Waals surface area contributed by atoms with Crippen LogP contribution >= 0.6 is 0 Å². The maximum atomic E-state index is 13.1. The van der Waals surface area contributed by atoms with Gasteiger partial charge in [-0.3, -0.25) is 0 Å². The number of hydrogen-bond acceptors (Lipinski definition) is 2. The van der Waals surface area contributed by atoms with Crippen molar-refractivity contribution in [2.24, 2.45) is 0 Å². The smallest absolute Gasteiger partial charge is 0.181 e. The van der Waals surface area contributed by atoms with E-state index in [1.165, 1.54) is 32.1 Å². The molecule has 150 valence electrons. The van der Waals surface area contributed by atoms with Crippen molar-refractivity contribution >= 4 is 9.84 Å². The van der Waals surface area contributed by atoms with Gasteiger partial charge in [0.15, 0.2) is 9.84 Å². The van der Waals surface area contributed by atoms with Crippen molar-refractivity contribution in [3.8, 4) is 11.8 Å². The van der Waals surface area contributed by atoms with Crippen molar-refractivity contribution in [3.63, 3.8) is 0 Å². The van der Waals surface area contributed by atoms with Crippen LogP contribution in [0, 0.1) is 11.8 Å². The standard InChI is InChI=1S/C24H36O2S/c25-27(26,24-21-17-14-18-22-24)23-19-15-12-10-8-6-4-2-1-3-5-7-9-11-13-16-20-23/h14,17-18,21-23H,1-2,4,6-13,15-16,19-20H2. The molecule has 0 N–H and O–H groups in total. The molecule has 1 aromatic rings. The lowest BCUT2D eigenvalue weighted by Crippen LogP contribution is -2.21. The van der Waals surface area contributed by atoms with Gasteiger partial charge in [-0.05, 0) is 37.8 Å². The van der Waals surface area contributed by atoms with Crippen LogP contribution in [0.1, 0.15) is 96.3 Å². The summed E-state index contributed by atoms with van der Waals surface area (Å²) in [6, 6.07) is 9.04. The van der Waals surface area contributed by atoms with Crippen LogP contribution in [0.5, 0.6) is 0 Å². The van der Waals surface area contributed by atoms with E-state index in [4.69, 9.17) is 0 Å². The molecule has 0 saturated carbocycles. The molecule has 2 rings (SSSR count). The molecular formula is C24H36O2S. The fraction of sp³-hybridized carbons (Fsp3) is 0.667. The van der Waals surface area contributed by atoms with Crippen molar-refractivity contribution < 1.29 is 8.42 Å². The van der Waals surface area contributed by atoms with Crippen molar-refractivity contribution in [1.29, 1.82) is 0 Å². The van der Waals surface area contributed by atoms with Gasteiger partial charge in [-0.25, -0.2) is 8.42 Å². The Bertz CT molecular complexity index is 667. The Hall–Kier alpha value is -1.27. The first kappa shape index (κ1) is 22.0. The van der Waals surface area contributed by atoms with Crippen LogP contribution in [-0.2, 0) is 9.84 Å². The molecule has 0 radical (unpaired) electrons. The first-order chi connectivity index (χ1) is 13.2. The maximum Gasteiger partial charge on any atom is 0.181 e. The van der Waals surface area contributed by atoms with Gasteiger partial charge in [0.05, 0.1) is 10.1 Å². The van der Waals surface area contributed by atoms with Gasteiger partial charge in [-0.2, -0.15) is 0 Å². The molecule has 1 unspecified atom stereocenters. The molecule has 2 nitrogen and oxygen atoms in total. The molecule has 1 atom stereocenters. The number of rotatable bonds is 2. The Balaban J connectivity index is 1.95. The van der Waals surface area contributed by atoms with E-state index < -0.39 is 9.84 Å². The lowest BCUT2D eigenvalue weighted by molar-refractivity contribution is 0.512. The van der Waals surface area contributed by atoms with Crippen molar-refractivity contribution in [1.82, 2.24) is 0 Å². The zero-order chi connectivity index (χ0) is 19.2. The van der Waals surface area contributed by atoms with E-state index in [-0.39, 0.29) is 5.25 Å². The summed E-state index contributed by atoms with van der Waals surface area (Å²) in [6.45, 7) is 0. The lowest BCUT2D eigenvalue weighted by atomic mass is 10.0.